The maximum absolute atomic E-state index is 12.7. The number of fused-ring (bicyclic) bond motifs is 5. The highest BCUT2D eigenvalue weighted by Gasteiger charge is 2.18. The molecule has 0 N–H and O–H groups in total. The predicted octanol–water partition coefficient (Wildman–Crippen LogP) is 3.83. The fraction of sp³-hybridized carbons (Fsp3) is 0.0556. The van der Waals surface area contributed by atoms with E-state index in [9.17, 15) is 4.79 Å². The van der Waals surface area contributed by atoms with Crippen molar-refractivity contribution in [3.8, 4) is 11.5 Å². The van der Waals surface area contributed by atoms with Crippen molar-refractivity contribution in [3.05, 3.63) is 58.8 Å². The Kier molecular flexibility index (Phi) is 2.12. The van der Waals surface area contributed by atoms with Gasteiger partial charge in [0.1, 0.15) is 11.2 Å². The molecule has 1 aliphatic rings. The van der Waals surface area contributed by atoms with E-state index >= 15 is 0 Å². The molecular formula is C18H10O4. The van der Waals surface area contributed by atoms with Crippen LogP contribution in [-0.2, 0) is 0 Å². The van der Waals surface area contributed by atoms with E-state index in [1.807, 2.05) is 36.4 Å². The molecule has 1 aliphatic heterocycles. The van der Waals surface area contributed by atoms with E-state index in [0.717, 1.165) is 10.8 Å². The van der Waals surface area contributed by atoms with Crippen LogP contribution < -0.4 is 14.9 Å². The van der Waals surface area contributed by atoms with Crippen LogP contribution >= 0.6 is 0 Å². The molecule has 0 bridgehead atoms. The largest absolute Gasteiger partial charge is 0.456 e. The predicted molar refractivity (Wildman–Crippen MR) is 83.6 cm³/mol. The van der Waals surface area contributed by atoms with Gasteiger partial charge in [-0.25, -0.2) is 0 Å². The Hall–Kier alpha value is -3.01. The van der Waals surface area contributed by atoms with Crippen molar-refractivity contribution in [1.29, 1.82) is 0 Å². The molecule has 0 atom stereocenters. The van der Waals surface area contributed by atoms with Crippen molar-refractivity contribution >= 4 is 32.7 Å². The lowest BCUT2D eigenvalue weighted by Gasteiger charge is -2.06. The molecule has 106 valence electrons. The molecule has 0 fully saturated rings. The second-order valence-corrected chi connectivity index (χ2v) is 5.30. The smallest absolute Gasteiger partial charge is 0.231 e. The number of benzene rings is 3. The first-order valence-electron chi connectivity index (χ1n) is 6.99. The van der Waals surface area contributed by atoms with Crippen molar-refractivity contribution in [2.24, 2.45) is 0 Å². The highest BCUT2D eigenvalue weighted by atomic mass is 16.7. The van der Waals surface area contributed by atoms with Crippen LogP contribution in [0.1, 0.15) is 0 Å². The van der Waals surface area contributed by atoms with E-state index in [1.54, 1.807) is 12.1 Å². The van der Waals surface area contributed by atoms with E-state index in [1.165, 1.54) is 0 Å². The van der Waals surface area contributed by atoms with Crippen molar-refractivity contribution in [2.45, 2.75) is 0 Å². The zero-order chi connectivity index (χ0) is 14.7. The Morgan fingerprint density at radius 2 is 1.73 bits per heavy atom. The zero-order valence-electron chi connectivity index (χ0n) is 11.5. The summed E-state index contributed by atoms with van der Waals surface area (Å²) in [6.07, 6.45) is 0. The first kappa shape index (κ1) is 11.6. The van der Waals surface area contributed by atoms with Crippen LogP contribution in [0.2, 0.25) is 0 Å². The highest BCUT2D eigenvalue weighted by molar-refractivity contribution is 6.02. The van der Waals surface area contributed by atoms with E-state index in [0.29, 0.717) is 33.4 Å². The van der Waals surface area contributed by atoms with E-state index < -0.39 is 0 Å². The van der Waals surface area contributed by atoms with E-state index in [4.69, 9.17) is 13.9 Å². The van der Waals surface area contributed by atoms with Crippen molar-refractivity contribution in [1.82, 2.24) is 0 Å². The summed E-state index contributed by atoms with van der Waals surface area (Å²) in [5, 5.41) is 2.95. The lowest BCUT2D eigenvalue weighted by atomic mass is 10.0. The molecule has 0 saturated carbocycles. The first-order valence-corrected chi connectivity index (χ1v) is 6.99. The van der Waals surface area contributed by atoms with Gasteiger partial charge in [-0.1, -0.05) is 18.2 Å². The number of rotatable bonds is 0. The minimum atomic E-state index is -0.0322. The van der Waals surface area contributed by atoms with Gasteiger partial charge in [0.05, 0.1) is 10.8 Å². The van der Waals surface area contributed by atoms with Crippen molar-refractivity contribution < 1.29 is 13.9 Å². The Labute approximate surface area is 124 Å². The van der Waals surface area contributed by atoms with Gasteiger partial charge in [-0.15, -0.1) is 0 Å². The summed E-state index contributed by atoms with van der Waals surface area (Å²) in [4.78, 5) is 12.7. The molecule has 4 nitrogen and oxygen atoms in total. The van der Waals surface area contributed by atoms with Crippen LogP contribution in [0, 0.1) is 0 Å². The third-order valence-corrected chi connectivity index (χ3v) is 4.05. The molecule has 0 spiro atoms. The monoisotopic (exact) mass is 290 g/mol. The maximum atomic E-state index is 12.7. The molecule has 22 heavy (non-hydrogen) atoms. The maximum Gasteiger partial charge on any atom is 0.231 e. The van der Waals surface area contributed by atoms with Crippen LogP contribution in [0.5, 0.6) is 11.5 Å². The molecule has 4 heteroatoms. The van der Waals surface area contributed by atoms with Gasteiger partial charge in [0.15, 0.2) is 11.5 Å². The molecule has 2 heterocycles. The SMILES string of the molecule is O=c1c2ccccc2oc2cc3ccc4c(c3cc12)OCO4. The summed E-state index contributed by atoms with van der Waals surface area (Å²) in [5.74, 6) is 1.39. The van der Waals surface area contributed by atoms with Crippen molar-refractivity contribution in [3.63, 3.8) is 0 Å². The minimum Gasteiger partial charge on any atom is -0.456 e. The Bertz CT molecular complexity index is 1120. The molecule has 0 saturated heterocycles. The van der Waals surface area contributed by atoms with Gasteiger partial charge in [-0.05, 0) is 35.7 Å². The number of hydrogen-bond acceptors (Lipinski definition) is 4. The lowest BCUT2D eigenvalue weighted by Crippen LogP contribution is -2.01. The van der Waals surface area contributed by atoms with Crippen LogP contribution in [0.15, 0.2) is 57.7 Å². The zero-order valence-corrected chi connectivity index (χ0v) is 11.5. The Morgan fingerprint density at radius 1 is 0.818 bits per heavy atom. The Morgan fingerprint density at radius 3 is 2.68 bits per heavy atom. The van der Waals surface area contributed by atoms with Gasteiger partial charge in [0.25, 0.3) is 0 Å². The van der Waals surface area contributed by atoms with Crippen molar-refractivity contribution in [2.75, 3.05) is 6.79 Å². The van der Waals surface area contributed by atoms with E-state index in [2.05, 4.69) is 0 Å². The number of para-hydroxylation sites is 1. The summed E-state index contributed by atoms with van der Waals surface area (Å²) >= 11 is 0. The normalized spacial score (nSPS) is 13.3. The number of hydrogen-bond donors (Lipinski definition) is 0. The van der Waals surface area contributed by atoms with Gasteiger partial charge in [-0.2, -0.15) is 0 Å². The highest BCUT2D eigenvalue weighted by Crippen LogP contribution is 2.40. The summed E-state index contributed by atoms with van der Waals surface area (Å²) in [7, 11) is 0. The average molecular weight is 290 g/mol. The van der Waals surface area contributed by atoms with Crippen LogP contribution in [0.3, 0.4) is 0 Å². The van der Waals surface area contributed by atoms with E-state index in [-0.39, 0.29) is 12.2 Å². The van der Waals surface area contributed by atoms with Crippen LogP contribution in [0.4, 0.5) is 0 Å². The van der Waals surface area contributed by atoms with Gasteiger partial charge in [0.2, 0.25) is 12.2 Å². The number of ether oxygens (including phenoxy) is 2. The molecule has 0 amide bonds. The fourth-order valence-corrected chi connectivity index (χ4v) is 2.99. The minimum absolute atomic E-state index is 0.0322. The summed E-state index contributed by atoms with van der Waals surface area (Å²) in [5.41, 5.74) is 1.14. The molecule has 0 unspecified atom stereocenters. The standard InChI is InChI=1S/C18H10O4/c19-17-11-3-1-2-4-14(11)22-16-7-10-5-6-15-18(21-9-20-15)12(10)8-13(16)17/h1-8H,9H2. The summed E-state index contributed by atoms with van der Waals surface area (Å²) in [6.45, 7) is 0.207. The average Bonchev–Trinajstić information content (AvgIpc) is 3.03. The molecule has 3 aromatic carbocycles. The Balaban J connectivity index is 2.00. The van der Waals surface area contributed by atoms with Crippen LogP contribution in [0.25, 0.3) is 32.7 Å². The van der Waals surface area contributed by atoms with Gasteiger partial charge >= 0.3 is 0 Å². The quantitative estimate of drug-likeness (QED) is 0.462. The second-order valence-electron chi connectivity index (χ2n) is 5.30. The van der Waals surface area contributed by atoms with Gasteiger partial charge in [0, 0.05) is 5.39 Å². The second kappa shape index (κ2) is 4.01. The molecule has 0 aliphatic carbocycles. The fourth-order valence-electron chi connectivity index (χ4n) is 2.99. The third-order valence-electron chi connectivity index (χ3n) is 4.05. The molecular weight excluding hydrogens is 280 g/mol. The molecule has 0 radical (unpaired) electrons. The molecule has 4 aromatic rings. The lowest BCUT2D eigenvalue weighted by molar-refractivity contribution is 0.175. The van der Waals surface area contributed by atoms with Gasteiger partial charge < -0.3 is 13.9 Å². The first-order chi connectivity index (χ1) is 10.8. The molecule has 1 aromatic heterocycles. The third kappa shape index (κ3) is 1.44. The topological polar surface area (TPSA) is 48.7 Å². The van der Waals surface area contributed by atoms with Gasteiger partial charge in [-0.3, -0.25) is 4.79 Å². The summed E-state index contributed by atoms with van der Waals surface area (Å²) < 4.78 is 16.8. The van der Waals surface area contributed by atoms with Crippen LogP contribution in [-0.4, -0.2) is 6.79 Å². The summed E-state index contributed by atoms with van der Waals surface area (Å²) in [6, 6.07) is 14.8. The molecule has 5 rings (SSSR count).